The molecule has 2 aromatic rings. The van der Waals surface area contributed by atoms with E-state index in [2.05, 4.69) is 10.3 Å². The Morgan fingerprint density at radius 1 is 1.50 bits per heavy atom. The van der Waals surface area contributed by atoms with Gasteiger partial charge in [0, 0.05) is 11.2 Å². The van der Waals surface area contributed by atoms with Crippen LogP contribution >= 0.6 is 0 Å². The fraction of sp³-hybridized carbons (Fsp3) is 0.167. The number of aliphatic hydroxyl groups excluding tert-OH is 1. The van der Waals surface area contributed by atoms with Crippen LogP contribution in [-0.4, -0.2) is 22.2 Å². The highest BCUT2D eigenvalue weighted by atomic mass is 16.3. The van der Waals surface area contributed by atoms with Gasteiger partial charge in [-0.15, -0.1) is 0 Å². The molecule has 1 aromatic carbocycles. The molecule has 0 aliphatic heterocycles. The van der Waals surface area contributed by atoms with E-state index in [0.717, 1.165) is 16.6 Å². The third-order valence-corrected chi connectivity index (χ3v) is 2.19. The molecule has 0 aliphatic rings. The Bertz CT molecular complexity index is 469. The molecule has 0 saturated heterocycles. The first-order valence-corrected chi connectivity index (χ1v) is 5.06. The molecule has 1 atom stereocenters. The predicted molar refractivity (Wildman–Crippen MR) is 61.5 cm³/mol. The number of hydrogen-bond acceptors (Lipinski definition) is 2. The summed E-state index contributed by atoms with van der Waals surface area (Å²) in [4.78, 5) is 14.5. The molecule has 1 unspecified atom stereocenters. The van der Waals surface area contributed by atoms with E-state index in [-0.39, 0.29) is 5.91 Å². The number of aromatic nitrogens is 1. The zero-order chi connectivity index (χ0) is 11.5. The Labute approximate surface area is 93.3 Å². The molecular weight excluding hydrogens is 204 g/mol. The lowest BCUT2D eigenvalue weighted by atomic mass is 10.2. The molecule has 1 amide bonds. The van der Waals surface area contributed by atoms with Crippen LogP contribution in [0.15, 0.2) is 30.3 Å². The first-order valence-electron chi connectivity index (χ1n) is 5.06. The zero-order valence-corrected chi connectivity index (χ0v) is 8.90. The van der Waals surface area contributed by atoms with Gasteiger partial charge in [0.2, 0.25) is 5.91 Å². The van der Waals surface area contributed by atoms with Crippen molar-refractivity contribution < 1.29 is 9.90 Å². The molecule has 0 bridgehead atoms. The Hall–Kier alpha value is -1.81. The second kappa shape index (κ2) is 4.37. The molecule has 0 spiro atoms. The van der Waals surface area contributed by atoms with E-state index in [0.29, 0.717) is 0 Å². The fourth-order valence-corrected chi connectivity index (χ4v) is 1.56. The molecule has 16 heavy (non-hydrogen) atoms. The number of aromatic amines is 1. The summed E-state index contributed by atoms with van der Waals surface area (Å²) in [5.74, 6) is -0.318. The highest BCUT2D eigenvalue weighted by Crippen LogP contribution is 2.15. The number of fused-ring (bicyclic) bond motifs is 1. The van der Waals surface area contributed by atoms with Gasteiger partial charge in [0.05, 0.1) is 6.42 Å². The van der Waals surface area contributed by atoms with Gasteiger partial charge in [-0.3, -0.25) is 4.79 Å². The van der Waals surface area contributed by atoms with Crippen molar-refractivity contribution in [3.8, 4) is 0 Å². The molecule has 3 N–H and O–H groups in total. The summed E-state index contributed by atoms with van der Waals surface area (Å²) in [6.45, 7) is 1.50. The lowest BCUT2D eigenvalue weighted by Gasteiger charge is -2.05. The maximum Gasteiger partial charge on any atom is 0.232 e. The Kier molecular flexibility index (Phi) is 2.92. The fourth-order valence-electron chi connectivity index (χ4n) is 1.56. The Balaban J connectivity index is 2.12. The van der Waals surface area contributed by atoms with Gasteiger partial charge in [-0.1, -0.05) is 18.2 Å². The van der Waals surface area contributed by atoms with Crippen LogP contribution in [-0.2, 0) is 4.79 Å². The zero-order valence-electron chi connectivity index (χ0n) is 8.90. The molecule has 0 fully saturated rings. The highest BCUT2D eigenvalue weighted by molar-refractivity contribution is 5.90. The van der Waals surface area contributed by atoms with E-state index < -0.39 is 6.23 Å². The van der Waals surface area contributed by atoms with Crippen molar-refractivity contribution in [2.45, 2.75) is 13.2 Å². The number of carbonyl (C=O) groups excluding carboxylic acids is 1. The van der Waals surface area contributed by atoms with Gasteiger partial charge in [0.25, 0.3) is 0 Å². The molecule has 1 radical (unpaired) electrons. The molecule has 4 nitrogen and oxygen atoms in total. The average Bonchev–Trinajstić information content (AvgIpc) is 2.57. The van der Waals surface area contributed by atoms with E-state index in [1.165, 1.54) is 13.3 Å². The smallest absolute Gasteiger partial charge is 0.232 e. The van der Waals surface area contributed by atoms with E-state index in [1.807, 2.05) is 30.3 Å². The monoisotopic (exact) mass is 217 g/mol. The number of H-pyrrole nitrogens is 1. The maximum atomic E-state index is 11.4. The summed E-state index contributed by atoms with van der Waals surface area (Å²) < 4.78 is 0. The minimum atomic E-state index is -0.840. The number of aliphatic hydroxyl groups is 1. The molecule has 0 aliphatic carbocycles. The van der Waals surface area contributed by atoms with Crippen LogP contribution in [0.4, 0.5) is 0 Å². The molecule has 83 valence electrons. The van der Waals surface area contributed by atoms with Gasteiger partial charge in [-0.25, -0.2) is 0 Å². The molecule has 1 aromatic heterocycles. The number of para-hydroxylation sites is 1. The first-order chi connectivity index (χ1) is 7.65. The van der Waals surface area contributed by atoms with Gasteiger partial charge in [-0.05, 0) is 24.4 Å². The summed E-state index contributed by atoms with van der Waals surface area (Å²) in [5.41, 5.74) is 1.71. The number of rotatable bonds is 3. The second-order valence-electron chi connectivity index (χ2n) is 3.64. The minimum Gasteiger partial charge on any atom is -0.374 e. The molecule has 0 saturated carbocycles. The van der Waals surface area contributed by atoms with Crippen LogP contribution in [0.3, 0.4) is 0 Å². The number of carbonyl (C=O) groups is 1. The molecule has 1 heterocycles. The Morgan fingerprint density at radius 3 is 2.94 bits per heavy atom. The molecular formula is C12H13N2O2. The number of benzene rings is 1. The third-order valence-electron chi connectivity index (χ3n) is 2.19. The van der Waals surface area contributed by atoms with Crippen LogP contribution in [0.1, 0.15) is 12.6 Å². The number of amides is 1. The van der Waals surface area contributed by atoms with Gasteiger partial charge < -0.3 is 15.4 Å². The lowest BCUT2D eigenvalue weighted by Crippen LogP contribution is -2.32. The minimum absolute atomic E-state index is 0.318. The first kappa shape index (κ1) is 10.7. The predicted octanol–water partition coefficient (Wildman–Crippen LogP) is 1.17. The van der Waals surface area contributed by atoms with E-state index in [1.54, 1.807) is 0 Å². The van der Waals surface area contributed by atoms with Crippen LogP contribution in [0.5, 0.6) is 0 Å². The second-order valence-corrected chi connectivity index (χ2v) is 3.64. The largest absolute Gasteiger partial charge is 0.374 e. The Morgan fingerprint density at radius 2 is 2.25 bits per heavy atom. The number of nitrogens with one attached hydrogen (secondary N) is 2. The normalized spacial score (nSPS) is 12.6. The van der Waals surface area contributed by atoms with Crippen molar-refractivity contribution in [3.05, 3.63) is 42.4 Å². The van der Waals surface area contributed by atoms with Gasteiger partial charge in [0.15, 0.2) is 0 Å². The lowest BCUT2D eigenvalue weighted by molar-refractivity contribution is -0.120. The number of hydrogen-bond donors (Lipinski definition) is 3. The van der Waals surface area contributed by atoms with Crippen molar-refractivity contribution in [2.75, 3.05) is 0 Å². The van der Waals surface area contributed by atoms with Crippen molar-refractivity contribution in [2.24, 2.45) is 0 Å². The van der Waals surface area contributed by atoms with Gasteiger partial charge >= 0.3 is 0 Å². The van der Waals surface area contributed by atoms with E-state index >= 15 is 0 Å². The topological polar surface area (TPSA) is 65.1 Å². The average molecular weight is 217 g/mol. The summed E-state index contributed by atoms with van der Waals surface area (Å²) >= 11 is 0. The quantitative estimate of drug-likeness (QED) is 0.676. The molecule has 2 rings (SSSR count). The summed E-state index contributed by atoms with van der Waals surface area (Å²) in [5, 5.41) is 12.4. The van der Waals surface area contributed by atoms with Crippen LogP contribution in [0.25, 0.3) is 10.9 Å². The maximum absolute atomic E-state index is 11.4. The summed E-state index contributed by atoms with van der Waals surface area (Å²) in [7, 11) is 0. The van der Waals surface area contributed by atoms with Gasteiger partial charge in [-0.2, -0.15) is 0 Å². The third kappa shape index (κ3) is 2.41. The van der Waals surface area contributed by atoms with Crippen LogP contribution in [0, 0.1) is 6.42 Å². The highest BCUT2D eigenvalue weighted by Gasteiger charge is 2.08. The van der Waals surface area contributed by atoms with Crippen molar-refractivity contribution in [1.29, 1.82) is 0 Å². The summed E-state index contributed by atoms with van der Waals surface area (Å²) in [6.07, 6.45) is 0.584. The van der Waals surface area contributed by atoms with Crippen LogP contribution < -0.4 is 5.32 Å². The standard InChI is InChI=1S/C12H13N2O2/c1-8(15)13-12(16)7-10-6-9-4-2-3-5-11(9)14-10/h2-8,14-15H,1H3,(H,13,16). The van der Waals surface area contributed by atoms with Crippen molar-refractivity contribution in [1.82, 2.24) is 10.3 Å². The SMILES string of the molecule is CC(O)NC(=O)[CH]c1cc2ccccc2[nH]1. The van der Waals surface area contributed by atoms with Crippen molar-refractivity contribution in [3.63, 3.8) is 0 Å². The summed E-state index contributed by atoms with van der Waals surface area (Å²) in [6, 6.07) is 9.67. The van der Waals surface area contributed by atoms with Gasteiger partial charge in [0.1, 0.15) is 6.23 Å². The molecule has 4 heteroatoms. The van der Waals surface area contributed by atoms with Crippen molar-refractivity contribution >= 4 is 16.8 Å². The van der Waals surface area contributed by atoms with E-state index in [4.69, 9.17) is 5.11 Å². The van der Waals surface area contributed by atoms with E-state index in [9.17, 15) is 4.79 Å². The van der Waals surface area contributed by atoms with Crippen LogP contribution in [0.2, 0.25) is 0 Å².